The number of para-hydroxylation sites is 1. The molecule has 0 fully saturated rings. The van der Waals surface area contributed by atoms with Crippen LogP contribution in [0.2, 0.25) is 0 Å². The van der Waals surface area contributed by atoms with Gasteiger partial charge in [0.2, 0.25) is 17.6 Å². The molecule has 1 heterocycles. The number of hydrogen-bond acceptors (Lipinski definition) is 9. The van der Waals surface area contributed by atoms with Crippen molar-refractivity contribution in [3.8, 4) is 28.9 Å². The average Bonchev–Trinajstić information content (AvgIpc) is 2.85. The topological polar surface area (TPSA) is 115 Å². The largest absolute Gasteiger partial charge is 0.493 e. The van der Waals surface area contributed by atoms with E-state index < -0.39 is 0 Å². The lowest BCUT2D eigenvalue weighted by Gasteiger charge is -2.18. The number of amides is 1. The Balaban J connectivity index is 1.90. The van der Waals surface area contributed by atoms with Gasteiger partial charge in [0.15, 0.2) is 11.5 Å². The van der Waals surface area contributed by atoms with Crippen molar-refractivity contribution in [3.63, 3.8) is 0 Å². The third kappa shape index (κ3) is 5.49. The van der Waals surface area contributed by atoms with Gasteiger partial charge >= 0.3 is 0 Å². The SMILES string of the molecule is [B]c1cnc(Nc2cc(OC)c(OC)c(OC)c2)nc1Oc1ccccc1C(=O)N(C)CCO. The van der Waals surface area contributed by atoms with E-state index in [1.165, 1.54) is 32.4 Å². The fourth-order valence-corrected chi connectivity index (χ4v) is 3.09. The Morgan fingerprint density at radius 2 is 1.76 bits per heavy atom. The maximum atomic E-state index is 12.7. The molecule has 0 spiro atoms. The number of aromatic nitrogens is 2. The first-order valence-corrected chi connectivity index (χ1v) is 10.2. The first-order valence-electron chi connectivity index (χ1n) is 10.2. The molecule has 0 bridgehead atoms. The normalized spacial score (nSPS) is 10.4. The van der Waals surface area contributed by atoms with Crippen molar-refractivity contribution in [2.45, 2.75) is 0 Å². The van der Waals surface area contributed by atoms with Gasteiger partial charge in [0.25, 0.3) is 5.91 Å². The standard InChI is InChI=1S/C23H25BN4O6/c1-28(9-10-29)22(30)15-7-5-6-8-17(15)34-21-16(24)13-25-23(27-21)26-14-11-18(31-2)20(33-4)19(12-14)32-3/h5-8,11-13,29H,9-10H2,1-4H3,(H,25,26,27). The second-order valence-corrected chi connectivity index (χ2v) is 7.04. The van der Waals surface area contributed by atoms with Gasteiger partial charge in [-0.2, -0.15) is 4.98 Å². The van der Waals surface area contributed by atoms with Crippen LogP contribution in [0.3, 0.4) is 0 Å². The maximum absolute atomic E-state index is 12.7. The lowest BCUT2D eigenvalue weighted by Crippen LogP contribution is -2.29. The van der Waals surface area contributed by atoms with Crippen LogP contribution in [0.5, 0.6) is 28.9 Å². The van der Waals surface area contributed by atoms with E-state index in [2.05, 4.69) is 15.3 Å². The number of nitrogens with one attached hydrogen (secondary N) is 1. The predicted octanol–water partition coefficient (Wildman–Crippen LogP) is 1.90. The average molecular weight is 464 g/mol. The van der Waals surface area contributed by atoms with Gasteiger partial charge in [0.05, 0.1) is 33.5 Å². The number of likely N-dealkylation sites (N-methyl/N-ethyl adjacent to an activating group) is 1. The first kappa shape index (κ1) is 24.7. The highest BCUT2D eigenvalue weighted by Gasteiger charge is 2.18. The summed E-state index contributed by atoms with van der Waals surface area (Å²) in [5.74, 6) is 1.57. The number of hydrogen-bond donors (Lipinski definition) is 2. The summed E-state index contributed by atoms with van der Waals surface area (Å²) in [6, 6.07) is 10.1. The molecule has 3 rings (SSSR count). The van der Waals surface area contributed by atoms with Crippen LogP contribution in [-0.2, 0) is 0 Å². The molecule has 34 heavy (non-hydrogen) atoms. The van der Waals surface area contributed by atoms with E-state index in [1.54, 1.807) is 43.4 Å². The molecule has 1 aromatic heterocycles. The van der Waals surface area contributed by atoms with E-state index in [1.807, 2.05) is 0 Å². The Kier molecular flexibility index (Phi) is 8.15. The fraction of sp³-hybridized carbons (Fsp3) is 0.261. The van der Waals surface area contributed by atoms with Crippen LogP contribution in [0.1, 0.15) is 10.4 Å². The van der Waals surface area contributed by atoms with Crippen LogP contribution in [0, 0.1) is 0 Å². The number of methoxy groups -OCH3 is 3. The Bertz CT molecular complexity index is 1140. The molecule has 176 valence electrons. The smallest absolute Gasteiger partial charge is 0.257 e. The summed E-state index contributed by atoms with van der Waals surface area (Å²) in [6.07, 6.45) is 1.39. The van der Waals surface area contributed by atoms with Crippen molar-refractivity contribution in [2.24, 2.45) is 0 Å². The van der Waals surface area contributed by atoms with Crippen molar-refractivity contribution in [1.29, 1.82) is 0 Å². The van der Waals surface area contributed by atoms with Gasteiger partial charge in [0, 0.05) is 37.6 Å². The first-order chi connectivity index (χ1) is 16.4. The summed E-state index contributed by atoms with van der Waals surface area (Å²) < 4.78 is 22.0. The third-order valence-corrected chi connectivity index (χ3v) is 4.81. The molecule has 10 nitrogen and oxygen atoms in total. The number of carbonyl (C=O) groups is 1. The number of anilines is 2. The van der Waals surface area contributed by atoms with E-state index in [9.17, 15) is 4.79 Å². The highest BCUT2D eigenvalue weighted by Crippen LogP contribution is 2.40. The highest BCUT2D eigenvalue weighted by atomic mass is 16.5. The lowest BCUT2D eigenvalue weighted by molar-refractivity contribution is 0.0764. The second-order valence-electron chi connectivity index (χ2n) is 7.04. The minimum absolute atomic E-state index is 0.0648. The Morgan fingerprint density at radius 3 is 2.38 bits per heavy atom. The van der Waals surface area contributed by atoms with Crippen LogP contribution in [-0.4, -0.2) is 75.3 Å². The van der Waals surface area contributed by atoms with E-state index in [4.69, 9.17) is 31.9 Å². The summed E-state index contributed by atoms with van der Waals surface area (Å²) in [4.78, 5) is 22.7. The van der Waals surface area contributed by atoms with Crippen LogP contribution < -0.4 is 29.7 Å². The second kappa shape index (κ2) is 11.2. The Labute approximate surface area is 198 Å². The quantitative estimate of drug-likeness (QED) is 0.434. The summed E-state index contributed by atoms with van der Waals surface area (Å²) in [5, 5.41) is 12.2. The number of aliphatic hydroxyl groups excluding tert-OH is 1. The zero-order valence-electron chi connectivity index (χ0n) is 19.4. The maximum Gasteiger partial charge on any atom is 0.257 e. The predicted molar refractivity (Wildman–Crippen MR) is 127 cm³/mol. The van der Waals surface area contributed by atoms with Gasteiger partial charge < -0.3 is 34.3 Å². The van der Waals surface area contributed by atoms with E-state index in [0.717, 1.165) is 0 Å². The molecule has 0 atom stereocenters. The number of benzene rings is 2. The molecule has 0 unspecified atom stereocenters. The molecule has 0 aliphatic rings. The molecule has 0 aliphatic heterocycles. The summed E-state index contributed by atoms with van der Waals surface area (Å²) in [7, 11) is 12.2. The zero-order valence-corrected chi connectivity index (χ0v) is 19.4. The molecule has 2 radical (unpaired) electrons. The zero-order chi connectivity index (χ0) is 24.7. The molecule has 0 saturated carbocycles. The van der Waals surface area contributed by atoms with Gasteiger partial charge in [-0.3, -0.25) is 4.79 Å². The number of ether oxygens (including phenoxy) is 4. The van der Waals surface area contributed by atoms with Gasteiger partial charge in [-0.15, -0.1) is 0 Å². The van der Waals surface area contributed by atoms with Crippen LogP contribution in [0.4, 0.5) is 11.6 Å². The molecule has 2 aromatic carbocycles. The minimum Gasteiger partial charge on any atom is -0.493 e. The number of carbonyl (C=O) groups excluding carboxylic acids is 1. The fourth-order valence-electron chi connectivity index (χ4n) is 3.09. The van der Waals surface area contributed by atoms with Crippen molar-refractivity contribution >= 4 is 30.9 Å². The van der Waals surface area contributed by atoms with Gasteiger partial charge in [-0.1, -0.05) is 12.1 Å². The Hall–Kier alpha value is -3.99. The van der Waals surface area contributed by atoms with E-state index in [0.29, 0.717) is 28.5 Å². The molecule has 11 heteroatoms. The number of rotatable bonds is 10. The van der Waals surface area contributed by atoms with Crippen molar-refractivity contribution in [1.82, 2.24) is 14.9 Å². The molecule has 2 N–H and O–H groups in total. The summed E-state index contributed by atoms with van der Waals surface area (Å²) in [6.45, 7) is 0.0335. The third-order valence-electron chi connectivity index (χ3n) is 4.81. The van der Waals surface area contributed by atoms with E-state index >= 15 is 0 Å². The van der Waals surface area contributed by atoms with Gasteiger partial charge in [-0.05, 0) is 17.6 Å². The van der Waals surface area contributed by atoms with E-state index in [-0.39, 0.29) is 42.1 Å². The highest BCUT2D eigenvalue weighted by molar-refractivity contribution is 6.33. The Morgan fingerprint density at radius 1 is 1.09 bits per heavy atom. The van der Waals surface area contributed by atoms with Crippen molar-refractivity contribution in [2.75, 3.05) is 46.8 Å². The van der Waals surface area contributed by atoms with Crippen molar-refractivity contribution in [3.05, 3.63) is 48.2 Å². The van der Waals surface area contributed by atoms with Gasteiger partial charge in [0.1, 0.15) is 13.6 Å². The number of aliphatic hydroxyl groups is 1. The molecule has 0 aliphatic carbocycles. The summed E-state index contributed by atoms with van der Waals surface area (Å²) >= 11 is 0. The molecule has 0 saturated heterocycles. The molecular formula is C23H25BN4O6. The molecular weight excluding hydrogens is 439 g/mol. The van der Waals surface area contributed by atoms with Gasteiger partial charge in [-0.25, -0.2) is 4.98 Å². The molecule has 3 aromatic rings. The van der Waals surface area contributed by atoms with Crippen LogP contribution in [0.25, 0.3) is 0 Å². The summed E-state index contributed by atoms with van der Waals surface area (Å²) in [5.41, 5.74) is 1.06. The molecule has 1 amide bonds. The monoisotopic (exact) mass is 464 g/mol. The van der Waals surface area contributed by atoms with Crippen molar-refractivity contribution < 1.29 is 28.8 Å². The van der Waals surface area contributed by atoms with Crippen LogP contribution >= 0.6 is 0 Å². The lowest BCUT2D eigenvalue weighted by atomic mass is 10.00. The van der Waals surface area contributed by atoms with Crippen LogP contribution in [0.15, 0.2) is 42.6 Å². The number of nitrogens with zero attached hydrogens (tertiary/aromatic N) is 3. The minimum atomic E-state index is -0.312.